The van der Waals surface area contributed by atoms with E-state index in [1.54, 1.807) is 24.3 Å². The normalized spacial score (nSPS) is 16.2. The monoisotopic (exact) mass is 375 g/mol. The van der Waals surface area contributed by atoms with Crippen LogP contribution in [0.5, 0.6) is 17.2 Å². The standard InChI is InChI=1S/C19H18FNO4S/c1-23-15-8-12(9-16(24-2)18(15)25-3)17(22)14-10-26-19(21-14)11-5-4-6-13(20)7-11/h4-9,14H,10H2,1-3H3. The molecule has 2 aromatic carbocycles. The molecule has 1 heterocycles. The third kappa shape index (κ3) is 3.53. The van der Waals surface area contributed by atoms with Crippen molar-refractivity contribution >= 4 is 22.6 Å². The molecule has 1 atom stereocenters. The van der Waals surface area contributed by atoms with E-state index < -0.39 is 6.04 Å². The minimum Gasteiger partial charge on any atom is -0.493 e. The van der Waals surface area contributed by atoms with Crippen molar-refractivity contribution in [3.05, 3.63) is 53.3 Å². The zero-order chi connectivity index (χ0) is 18.7. The van der Waals surface area contributed by atoms with Gasteiger partial charge in [-0.2, -0.15) is 0 Å². The summed E-state index contributed by atoms with van der Waals surface area (Å²) < 4.78 is 29.3. The number of ketones is 1. The summed E-state index contributed by atoms with van der Waals surface area (Å²) in [7, 11) is 4.50. The van der Waals surface area contributed by atoms with Crippen molar-refractivity contribution < 1.29 is 23.4 Å². The number of halogens is 1. The molecular formula is C19H18FNO4S. The summed E-state index contributed by atoms with van der Waals surface area (Å²) in [6.45, 7) is 0. The zero-order valence-corrected chi connectivity index (χ0v) is 15.4. The molecule has 1 unspecified atom stereocenters. The number of Topliss-reactive ketones (excluding diaryl/α,β-unsaturated/α-hetero) is 1. The lowest BCUT2D eigenvalue weighted by molar-refractivity contribution is 0.0971. The van der Waals surface area contributed by atoms with Crippen molar-refractivity contribution in [1.82, 2.24) is 0 Å². The van der Waals surface area contributed by atoms with Crippen molar-refractivity contribution in [1.29, 1.82) is 0 Å². The Balaban J connectivity index is 1.90. The summed E-state index contributed by atoms with van der Waals surface area (Å²) in [6, 6.07) is 8.89. The van der Waals surface area contributed by atoms with Gasteiger partial charge in [-0.15, -0.1) is 11.8 Å². The number of benzene rings is 2. The van der Waals surface area contributed by atoms with E-state index in [1.165, 1.54) is 45.2 Å². The van der Waals surface area contributed by atoms with Crippen LogP contribution < -0.4 is 14.2 Å². The maximum Gasteiger partial charge on any atom is 0.203 e. The van der Waals surface area contributed by atoms with E-state index >= 15 is 0 Å². The molecule has 3 rings (SSSR count). The highest BCUT2D eigenvalue weighted by molar-refractivity contribution is 8.14. The Labute approximate surface area is 155 Å². The van der Waals surface area contributed by atoms with Crippen LogP contribution in [0.25, 0.3) is 0 Å². The highest BCUT2D eigenvalue weighted by Gasteiger charge is 2.28. The molecule has 26 heavy (non-hydrogen) atoms. The number of rotatable bonds is 6. The molecule has 0 bridgehead atoms. The maximum atomic E-state index is 13.4. The van der Waals surface area contributed by atoms with Crippen LogP contribution in [-0.4, -0.2) is 44.0 Å². The topological polar surface area (TPSA) is 57.1 Å². The molecule has 0 fully saturated rings. The Morgan fingerprint density at radius 1 is 1.12 bits per heavy atom. The van der Waals surface area contributed by atoms with Gasteiger partial charge in [0.25, 0.3) is 0 Å². The van der Waals surface area contributed by atoms with Crippen molar-refractivity contribution in [2.24, 2.45) is 4.99 Å². The van der Waals surface area contributed by atoms with Gasteiger partial charge in [-0.3, -0.25) is 9.79 Å². The average molecular weight is 375 g/mol. The molecule has 1 aliphatic heterocycles. The first-order valence-electron chi connectivity index (χ1n) is 7.88. The first-order chi connectivity index (χ1) is 12.6. The summed E-state index contributed by atoms with van der Waals surface area (Å²) in [6.07, 6.45) is 0. The van der Waals surface area contributed by atoms with Gasteiger partial charge in [0.2, 0.25) is 5.75 Å². The third-order valence-corrected chi connectivity index (χ3v) is 5.07. The van der Waals surface area contributed by atoms with Crippen LogP contribution in [0.15, 0.2) is 41.4 Å². The second kappa shape index (κ2) is 7.78. The number of nitrogens with zero attached hydrogens (tertiary/aromatic N) is 1. The van der Waals surface area contributed by atoms with Gasteiger partial charge in [0.15, 0.2) is 17.3 Å². The molecule has 0 N–H and O–H groups in total. The fourth-order valence-electron chi connectivity index (χ4n) is 2.70. The fourth-order valence-corrected chi connectivity index (χ4v) is 3.74. The van der Waals surface area contributed by atoms with Gasteiger partial charge in [-0.25, -0.2) is 4.39 Å². The Bertz CT molecular complexity index is 843. The zero-order valence-electron chi connectivity index (χ0n) is 14.6. The molecule has 7 heteroatoms. The number of carbonyl (C=O) groups excluding carboxylic acids is 1. The van der Waals surface area contributed by atoms with E-state index in [2.05, 4.69) is 4.99 Å². The molecule has 0 amide bonds. The van der Waals surface area contributed by atoms with Gasteiger partial charge in [0, 0.05) is 16.9 Å². The van der Waals surface area contributed by atoms with Gasteiger partial charge in [-0.1, -0.05) is 12.1 Å². The highest BCUT2D eigenvalue weighted by Crippen LogP contribution is 2.39. The van der Waals surface area contributed by atoms with Crippen molar-refractivity contribution in [2.75, 3.05) is 27.1 Å². The number of ether oxygens (including phenoxy) is 3. The molecule has 5 nitrogen and oxygen atoms in total. The number of methoxy groups -OCH3 is 3. The summed E-state index contributed by atoms with van der Waals surface area (Å²) in [4.78, 5) is 17.4. The van der Waals surface area contributed by atoms with Gasteiger partial charge in [0.1, 0.15) is 11.9 Å². The quantitative estimate of drug-likeness (QED) is 0.722. The summed E-state index contributed by atoms with van der Waals surface area (Å²) in [5.74, 6) is 1.27. The largest absolute Gasteiger partial charge is 0.493 e. The number of hydrogen-bond acceptors (Lipinski definition) is 6. The lowest BCUT2D eigenvalue weighted by Crippen LogP contribution is -2.19. The predicted molar refractivity (Wildman–Crippen MR) is 99.6 cm³/mol. The predicted octanol–water partition coefficient (Wildman–Crippen LogP) is 3.60. The third-order valence-electron chi connectivity index (χ3n) is 3.97. The van der Waals surface area contributed by atoms with Crippen molar-refractivity contribution in [3.8, 4) is 17.2 Å². The van der Waals surface area contributed by atoms with Crippen LogP contribution in [0.1, 0.15) is 15.9 Å². The SMILES string of the molecule is COc1cc(C(=O)C2CSC(c3cccc(F)c3)=N2)cc(OC)c1OC. The van der Waals surface area contributed by atoms with Gasteiger partial charge < -0.3 is 14.2 Å². The van der Waals surface area contributed by atoms with Crippen molar-refractivity contribution in [3.63, 3.8) is 0 Å². The minimum atomic E-state index is -0.541. The summed E-state index contributed by atoms with van der Waals surface area (Å²) in [5, 5.41) is 0.662. The van der Waals surface area contributed by atoms with Crippen molar-refractivity contribution in [2.45, 2.75) is 6.04 Å². The van der Waals surface area contributed by atoms with Crippen LogP contribution in [0.2, 0.25) is 0 Å². The molecule has 0 radical (unpaired) electrons. The van der Waals surface area contributed by atoms with Gasteiger partial charge >= 0.3 is 0 Å². The number of hydrogen-bond donors (Lipinski definition) is 0. The van der Waals surface area contributed by atoms with E-state index in [0.29, 0.717) is 39.2 Å². The summed E-state index contributed by atoms with van der Waals surface area (Å²) in [5.41, 5.74) is 1.10. The second-order valence-corrected chi connectivity index (χ2v) is 6.56. The van der Waals surface area contributed by atoms with E-state index in [4.69, 9.17) is 14.2 Å². The Kier molecular flexibility index (Phi) is 5.46. The minimum absolute atomic E-state index is 0.150. The van der Waals surface area contributed by atoms with Crippen LogP contribution >= 0.6 is 11.8 Å². The first-order valence-corrected chi connectivity index (χ1v) is 8.86. The van der Waals surface area contributed by atoms with Crippen LogP contribution in [0, 0.1) is 5.82 Å². The van der Waals surface area contributed by atoms with Crippen LogP contribution in [0.3, 0.4) is 0 Å². The molecule has 0 aliphatic carbocycles. The molecule has 0 spiro atoms. The van der Waals surface area contributed by atoms with Gasteiger partial charge in [0.05, 0.1) is 26.4 Å². The Morgan fingerprint density at radius 3 is 2.38 bits per heavy atom. The number of aliphatic imine (C=N–C) groups is 1. The molecule has 1 aliphatic rings. The molecule has 136 valence electrons. The second-order valence-electron chi connectivity index (χ2n) is 5.55. The highest BCUT2D eigenvalue weighted by atomic mass is 32.2. The van der Waals surface area contributed by atoms with Crippen LogP contribution in [-0.2, 0) is 0 Å². The molecule has 0 saturated carbocycles. The Morgan fingerprint density at radius 2 is 1.81 bits per heavy atom. The van der Waals surface area contributed by atoms with E-state index in [-0.39, 0.29) is 11.6 Å². The smallest absolute Gasteiger partial charge is 0.203 e. The van der Waals surface area contributed by atoms with Crippen LogP contribution in [0.4, 0.5) is 4.39 Å². The van der Waals surface area contributed by atoms with E-state index in [0.717, 1.165) is 0 Å². The molecule has 2 aromatic rings. The number of carbonyl (C=O) groups is 1. The molecular weight excluding hydrogens is 357 g/mol. The lowest BCUT2D eigenvalue weighted by atomic mass is 10.0. The summed E-state index contributed by atoms with van der Waals surface area (Å²) >= 11 is 1.44. The van der Waals surface area contributed by atoms with E-state index in [1.807, 2.05) is 0 Å². The van der Waals surface area contributed by atoms with E-state index in [9.17, 15) is 9.18 Å². The fraction of sp³-hybridized carbons (Fsp3) is 0.263. The lowest BCUT2D eigenvalue weighted by Gasteiger charge is -2.14. The first kappa shape index (κ1) is 18.3. The number of thioether (sulfide) groups is 1. The maximum absolute atomic E-state index is 13.4. The molecule has 0 aromatic heterocycles. The Hall–Kier alpha value is -2.54. The van der Waals surface area contributed by atoms with Gasteiger partial charge in [-0.05, 0) is 24.3 Å². The molecule has 0 saturated heterocycles. The average Bonchev–Trinajstić information content (AvgIpc) is 3.16.